The van der Waals surface area contributed by atoms with Crippen molar-refractivity contribution >= 4 is 29.4 Å². The van der Waals surface area contributed by atoms with E-state index in [9.17, 15) is 13.2 Å². The second-order valence-corrected chi connectivity index (χ2v) is 8.39. The maximum absolute atomic E-state index is 12.7. The van der Waals surface area contributed by atoms with Crippen molar-refractivity contribution in [2.45, 2.75) is 53.9 Å². The Morgan fingerprint density at radius 3 is 2.27 bits per heavy atom. The quantitative estimate of drug-likeness (QED) is 0.749. The van der Waals surface area contributed by atoms with Gasteiger partial charge in [0.15, 0.2) is 0 Å². The van der Waals surface area contributed by atoms with E-state index in [0.717, 1.165) is 55.0 Å². The van der Waals surface area contributed by atoms with Crippen LogP contribution >= 0.6 is 11.8 Å². The average Bonchev–Trinajstić information content (AvgIpc) is 2.69. The largest absolute Gasteiger partial charge is 0.417 e. The Labute approximate surface area is 176 Å². The molecule has 30 heavy (non-hydrogen) atoms. The third-order valence-electron chi connectivity index (χ3n) is 5.23. The van der Waals surface area contributed by atoms with Crippen LogP contribution in [0.25, 0.3) is 0 Å². The van der Waals surface area contributed by atoms with Gasteiger partial charge in [0.2, 0.25) is 11.9 Å². The van der Waals surface area contributed by atoms with Gasteiger partial charge in [-0.25, -0.2) is 9.98 Å². The lowest BCUT2D eigenvalue weighted by molar-refractivity contribution is -0.137. The van der Waals surface area contributed by atoms with Crippen LogP contribution in [0, 0.1) is 0 Å². The fourth-order valence-corrected chi connectivity index (χ4v) is 4.64. The standard InChI is InChI=1S/C20H21F3N6S/c21-20(22,23)13-4-9-16(26-12-13)30-15-7-5-14(6-8-15)29-18(25)27-17(24)28-19(29)10-2-1-3-11-19/h4-9,12H,1-3,10-11H2,(H4,24,25,27,28). The van der Waals surface area contributed by atoms with Crippen molar-refractivity contribution < 1.29 is 13.2 Å². The van der Waals surface area contributed by atoms with Crippen LogP contribution in [0.4, 0.5) is 18.9 Å². The Hall–Kier alpha value is -2.75. The Morgan fingerprint density at radius 2 is 1.67 bits per heavy atom. The predicted molar refractivity (Wildman–Crippen MR) is 111 cm³/mol. The summed E-state index contributed by atoms with van der Waals surface area (Å²) in [5.41, 5.74) is 11.7. The molecule has 4 N–H and O–H groups in total. The van der Waals surface area contributed by atoms with Crippen molar-refractivity contribution in [2.75, 3.05) is 4.90 Å². The van der Waals surface area contributed by atoms with Crippen molar-refractivity contribution in [2.24, 2.45) is 21.5 Å². The number of halogens is 3. The van der Waals surface area contributed by atoms with Crippen molar-refractivity contribution in [3.05, 3.63) is 48.2 Å². The number of alkyl halides is 3. The summed E-state index contributed by atoms with van der Waals surface area (Å²) < 4.78 is 38.1. The second-order valence-electron chi connectivity index (χ2n) is 7.30. The maximum Gasteiger partial charge on any atom is 0.417 e. The molecule has 1 aromatic heterocycles. The molecule has 1 aliphatic carbocycles. The molecule has 0 saturated heterocycles. The highest BCUT2D eigenvalue weighted by Crippen LogP contribution is 2.40. The number of benzene rings is 1. The molecule has 1 fully saturated rings. The van der Waals surface area contributed by atoms with E-state index < -0.39 is 17.4 Å². The van der Waals surface area contributed by atoms with Gasteiger partial charge in [0.25, 0.3) is 0 Å². The topological polar surface area (TPSA) is 92.9 Å². The van der Waals surface area contributed by atoms with Crippen molar-refractivity contribution in [1.29, 1.82) is 0 Å². The second kappa shape index (κ2) is 7.82. The highest BCUT2D eigenvalue weighted by Gasteiger charge is 2.42. The molecule has 0 bridgehead atoms. The van der Waals surface area contributed by atoms with Crippen molar-refractivity contribution in [3.8, 4) is 0 Å². The maximum atomic E-state index is 12.7. The van der Waals surface area contributed by atoms with Gasteiger partial charge in [-0.05, 0) is 62.1 Å². The van der Waals surface area contributed by atoms with Gasteiger partial charge >= 0.3 is 6.18 Å². The van der Waals surface area contributed by atoms with E-state index in [4.69, 9.17) is 11.5 Å². The van der Waals surface area contributed by atoms with Crippen LogP contribution in [0.5, 0.6) is 0 Å². The van der Waals surface area contributed by atoms with Gasteiger partial charge in [-0.15, -0.1) is 0 Å². The number of hydrogen-bond acceptors (Lipinski definition) is 7. The lowest BCUT2D eigenvalue weighted by atomic mass is 9.87. The highest BCUT2D eigenvalue weighted by molar-refractivity contribution is 7.99. The Balaban J connectivity index is 1.55. The molecule has 10 heteroatoms. The summed E-state index contributed by atoms with van der Waals surface area (Å²) in [5.74, 6) is 0.514. The molecule has 1 spiro atoms. The smallest absolute Gasteiger partial charge is 0.369 e. The molecule has 0 amide bonds. The lowest BCUT2D eigenvalue weighted by Crippen LogP contribution is -2.58. The number of rotatable bonds is 3. The van der Waals surface area contributed by atoms with E-state index in [-0.39, 0.29) is 5.96 Å². The van der Waals surface area contributed by atoms with Crippen LogP contribution in [-0.4, -0.2) is 22.6 Å². The summed E-state index contributed by atoms with van der Waals surface area (Å²) in [5, 5.41) is 0.482. The summed E-state index contributed by atoms with van der Waals surface area (Å²) >= 11 is 1.28. The first-order valence-corrected chi connectivity index (χ1v) is 10.4. The van der Waals surface area contributed by atoms with Gasteiger partial charge < -0.3 is 11.5 Å². The van der Waals surface area contributed by atoms with Crippen LogP contribution in [-0.2, 0) is 6.18 Å². The Morgan fingerprint density at radius 1 is 0.967 bits per heavy atom. The number of aromatic nitrogens is 1. The molecule has 2 aliphatic rings. The van der Waals surface area contributed by atoms with Crippen molar-refractivity contribution in [3.63, 3.8) is 0 Å². The van der Waals surface area contributed by atoms with Crippen molar-refractivity contribution in [1.82, 2.24) is 4.98 Å². The zero-order valence-electron chi connectivity index (χ0n) is 16.1. The fraction of sp³-hybridized carbons (Fsp3) is 0.350. The number of aliphatic imine (C=N–C) groups is 2. The van der Waals surface area contributed by atoms with E-state index in [1.165, 1.54) is 17.8 Å². The molecule has 4 rings (SSSR count). The van der Waals surface area contributed by atoms with Crippen LogP contribution in [0.15, 0.2) is 62.5 Å². The lowest BCUT2D eigenvalue weighted by Gasteiger charge is -2.45. The molecule has 0 radical (unpaired) electrons. The zero-order valence-corrected chi connectivity index (χ0v) is 16.9. The van der Waals surface area contributed by atoms with Crippen LogP contribution in [0.3, 0.4) is 0 Å². The minimum Gasteiger partial charge on any atom is -0.369 e. The molecule has 158 valence electrons. The van der Waals surface area contributed by atoms with Gasteiger partial charge in [0.1, 0.15) is 10.7 Å². The van der Waals surface area contributed by atoms with E-state index in [0.29, 0.717) is 11.0 Å². The van der Waals surface area contributed by atoms with Gasteiger partial charge in [-0.2, -0.15) is 18.2 Å². The molecular formula is C20H21F3N6S. The van der Waals surface area contributed by atoms with E-state index >= 15 is 0 Å². The normalized spacial score (nSPS) is 18.8. The van der Waals surface area contributed by atoms with Gasteiger partial charge in [0.05, 0.1) is 5.56 Å². The zero-order chi connectivity index (χ0) is 21.4. The van der Waals surface area contributed by atoms with Gasteiger partial charge in [-0.1, -0.05) is 18.2 Å². The summed E-state index contributed by atoms with van der Waals surface area (Å²) in [7, 11) is 0. The van der Waals surface area contributed by atoms with Gasteiger partial charge in [0, 0.05) is 16.8 Å². The summed E-state index contributed by atoms with van der Waals surface area (Å²) in [6.45, 7) is 0. The molecular weight excluding hydrogens is 413 g/mol. The number of nitrogens with zero attached hydrogens (tertiary/aromatic N) is 4. The molecule has 1 saturated carbocycles. The SMILES string of the molecule is NC1=NC2(CCCCC2)N(c2ccc(Sc3ccc(C(F)(F)F)cn3)cc2)C(N)=N1. The number of pyridine rings is 1. The summed E-state index contributed by atoms with van der Waals surface area (Å²) in [4.78, 5) is 15.5. The fourth-order valence-electron chi connectivity index (χ4n) is 3.89. The first-order valence-electron chi connectivity index (χ1n) is 9.58. The molecule has 0 atom stereocenters. The predicted octanol–water partition coefficient (Wildman–Crippen LogP) is 4.36. The average molecular weight is 434 g/mol. The number of anilines is 1. The number of hydrogen-bond donors (Lipinski definition) is 2. The molecule has 1 aliphatic heterocycles. The third-order valence-corrected chi connectivity index (χ3v) is 6.19. The van der Waals surface area contributed by atoms with Gasteiger partial charge in [-0.3, -0.25) is 4.90 Å². The minimum absolute atomic E-state index is 0.200. The molecule has 1 aromatic carbocycles. The summed E-state index contributed by atoms with van der Waals surface area (Å²) in [6.07, 6.45) is 1.36. The Bertz CT molecular complexity index is 964. The van der Waals surface area contributed by atoms with Crippen LogP contribution in [0.1, 0.15) is 37.7 Å². The highest BCUT2D eigenvalue weighted by atomic mass is 32.2. The van der Waals surface area contributed by atoms with Crippen LogP contribution in [0.2, 0.25) is 0 Å². The van der Waals surface area contributed by atoms with E-state index in [1.807, 2.05) is 29.2 Å². The minimum atomic E-state index is -4.39. The van der Waals surface area contributed by atoms with E-state index in [2.05, 4.69) is 15.0 Å². The molecule has 6 nitrogen and oxygen atoms in total. The summed E-state index contributed by atoms with van der Waals surface area (Å²) in [6, 6.07) is 9.97. The monoisotopic (exact) mass is 434 g/mol. The van der Waals surface area contributed by atoms with Crippen LogP contribution < -0.4 is 16.4 Å². The molecule has 2 aromatic rings. The Kier molecular flexibility index (Phi) is 5.35. The van der Waals surface area contributed by atoms with E-state index in [1.54, 1.807) is 0 Å². The first kappa shape index (κ1) is 20.5. The third kappa shape index (κ3) is 4.09. The molecule has 0 unspecified atom stereocenters. The number of guanidine groups is 2. The molecule has 2 heterocycles. The first-order chi connectivity index (χ1) is 14.3. The number of nitrogens with two attached hydrogens (primary N) is 2.